The maximum atomic E-state index is 11.1. The molecule has 1 aromatic carbocycles. The number of carboxylic acid groups (broad SMARTS) is 4. The van der Waals surface area contributed by atoms with Crippen LogP contribution in [-0.2, 0) is 57.7 Å². The maximum Gasteiger partial charge on any atom is 0.341 e. The van der Waals surface area contributed by atoms with Crippen molar-refractivity contribution in [3.05, 3.63) is 98.0 Å². The Morgan fingerprint density at radius 1 is 0.894 bits per heavy atom. The number of esters is 2. The molecule has 0 saturated carbocycles. The largest absolute Gasteiger partial charge is 0.492 e. The molecule has 4 rings (SSSR count). The van der Waals surface area contributed by atoms with E-state index in [1.165, 1.54) is 20.8 Å². The molecule has 0 aliphatic carbocycles. The van der Waals surface area contributed by atoms with Crippen LogP contribution in [0.1, 0.15) is 27.2 Å². The van der Waals surface area contributed by atoms with Crippen molar-refractivity contribution in [2.45, 2.75) is 45.5 Å². The van der Waals surface area contributed by atoms with Crippen molar-refractivity contribution in [3.63, 3.8) is 0 Å². The molecule has 5 N–H and O–H groups in total. The van der Waals surface area contributed by atoms with Crippen molar-refractivity contribution in [2.24, 2.45) is 5.92 Å². The topological polar surface area (TPSA) is 231 Å². The molecule has 3 aliphatic heterocycles. The van der Waals surface area contributed by atoms with Gasteiger partial charge in [-0.2, -0.15) is 0 Å². The fraction of sp³-hybridized carbons (Fsp3) is 0.281. The average Bonchev–Trinajstić information content (AvgIpc) is 3.63. The average molecular weight is 713 g/mol. The van der Waals surface area contributed by atoms with E-state index in [-0.39, 0.29) is 78.6 Å². The minimum absolute atomic E-state index is 0. The van der Waals surface area contributed by atoms with Gasteiger partial charge in [-0.1, -0.05) is 57.2 Å². The van der Waals surface area contributed by atoms with Crippen molar-refractivity contribution in [3.8, 4) is 5.75 Å². The van der Waals surface area contributed by atoms with Crippen LogP contribution in [0.5, 0.6) is 5.75 Å². The van der Waals surface area contributed by atoms with Crippen molar-refractivity contribution < 1.29 is 88.0 Å². The summed E-state index contributed by atoms with van der Waals surface area (Å²) in [5.74, 6) is -3.95. The van der Waals surface area contributed by atoms with Gasteiger partial charge in [-0.15, -0.1) is 0 Å². The van der Waals surface area contributed by atoms with E-state index in [0.29, 0.717) is 5.75 Å². The van der Waals surface area contributed by atoms with E-state index >= 15 is 0 Å². The third-order valence-corrected chi connectivity index (χ3v) is 5.20. The van der Waals surface area contributed by atoms with E-state index in [1.54, 1.807) is 24.3 Å². The summed E-state index contributed by atoms with van der Waals surface area (Å²) in [6, 6.07) is 8.64. The Morgan fingerprint density at radius 3 is 1.57 bits per heavy atom. The molecule has 0 aromatic heterocycles. The molecular formula is C32H39O14Zn-. The van der Waals surface area contributed by atoms with E-state index in [2.05, 4.69) is 32.9 Å². The van der Waals surface area contributed by atoms with Gasteiger partial charge < -0.3 is 39.7 Å². The van der Waals surface area contributed by atoms with Crippen LogP contribution in [0, 0.1) is 12.3 Å². The maximum absolute atomic E-state index is 11.1. The number of para-hydroxylation sites is 1. The van der Waals surface area contributed by atoms with Crippen LogP contribution in [0.3, 0.4) is 0 Å². The van der Waals surface area contributed by atoms with Gasteiger partial charge in [0, 0.05) is 48.4 Å². The minimum atomic E-state index is -0.981. The summed E-state index contributed by atoms with van der Waals surface area (Å²) < 4.78 is 15.3. The fourth-order valence-corrected chi connectivity index (χ4v) is 2.78. The Balaban J connectivity index is -0.000000514. The number of carbonyl (C=O) groups is 6. The second-order valence-corrected chi connectivity index (χ2v) is 9.34. The number of hydrogen-bond donors (Lipinski definition) is 5. The SMILES string of the molecule is C=C(C)C(=O)O.C=C(C)C(=O)O.C=C(C)C(=O)O.C=C(CO)C(=O)Oc1ccccc1.C=CC(=O)O.O=C1OC2[CH-]C3CC1C2O3.[Zn]. The van der Waals surface area contributed by atoms with Crippen molar-refractivity contribution in [2.75, 3.05) is 6.61 Å². The molecule has 3 saturated heterocycles. The van der Waals surface area contributed by atoms with Gasteiger partial charge in [0.2, 0.25) is 0 Å². The molecule has 3 fully saturated rings. The first-order valence-electron chi connectivity index (χ1n) is 13.1. The fourth-order valence-electron chi connectivity index (χ4n) is 2.78. The summed E-state index contributed by atoms with van der Waals surface area (Å²) in [7, 11) is 0. The Hall–Kier alpha value is -4.72. The van der Waals surface area contributed by atoms with Crippen molar-refractivity contribution in [1.29, 1.82) is 0 Å². The molecule has 4 unspecified atom stereocenters. The normalized spacial score (nSPS) is 18.0. The molecule has 47 heavy (non-hydrogen) atoms. The standard InChI is InChI=1S/C10H10O3.C7H7O3.3C4H6O2.C3H4O2.Zn/c1-8(7-11)10(12)13-9-5-3-2-4-6-9;8-7-4-1-3-2-5(10-7)6(4)9-3;3*1-3(2)4(5)6;1-2-3(4)5;/h2-6,11H,1,7H2;2-6H,1H2;3*1H2,2H3,(H,5,6);2H,1H2,(H,4,5);/q;-1;;;;;. The summed E-state index contributed by atoms with van der Waals surface area (Å²) in [6.45, 7) is 19.7. The smallest absolute Gasteiger partial charge is 0.341 e. The summed E-state index contributed by atoms with van der Waals surface area (Å²) in [5, 5.41) is 39.9. The molecule has 4 atom stereocenters. The van der Waals surface area contributed by atoms with Crippen LogP contribution in [0.2, 0.25) is 0 Å². The Labute approximate surface area is 285 Å². The predicted molar refractivity (Wildman–Crippen MR) is 164 cm³/mol. The van der Waals surface area contributed by atoms with Gasteiger partial charge in [0.15, 0.2) is 0 Å². The summed E-state index contributed by atoms with van der Waals surface area (Å²) in [6.07, 6.45) is 3.92. The van der Waals surface area contributed by atoms with E-state index < -0.39 is 29.8 Å². The first kappa shape index (κ1) is 46.7. The summed E-state index contributed by atoms with van der Waals surface area (Å²) >= 11 is 0. The van der Waals surface area contributed by atoms with Gasteiger partial charge in [0.05, 0.1) is 24.2 Å². The Morgan fingerprint density at radius 2 is 1.30 bits per heavy atom. The van der Waals surface area contributed by atoms with Gasteiger partial charge in [-0.05, 0) is 39.3 Å². The third-order valence-electron chi connectivity index (χ3n) is 5.20. The Kier molecular flexibility index (Phi) is 24.4. The Bertz CT molecular complexity index is 1210. The van der Waals surface area contributed by atoms with Crippen LogP contribution >= 0.6 is 0 Å². The number of fused-ring (bicyclic) bond motifs is 1. The molecule has 14 nitrogen and oxygen atoms in total. The molecule has 0 spiro atoms. The van der Waals surface area contributed by atoms with Crippen LogP contribution in [0.4, 0.5) is 0 Å². The molecule has 15 heteroatoms. The first-order valence-corrected chi connectivity index (χ1v) is 13.1. The number of ether oxygens (including phenoxy) is 3. The third kappa shape index (κ3) is 20.8. The van der Waals surface area contributed by atoms with E-state index in [4.69, 9.17) is 39.7 Å². The molecule has 2 bridgehead atoms. The summed E-state index contributed by atoms with van der Waals surface area (Å²) in [4.78, 5) is 60.1. The van der Waals surface area contributed by atoms with Gasteiger partial charge in [-0.25, -0.2) is 24.0 Å². The number of rotatable bonds is 7. The van der Waals surface area contributed by atoms with Crippen LogP contribution < -0.4 is 4.74 Å². The predicted octanol–water partition coefficient (Wildman–Crippen LogP) is 3.24. The number of aliphatic hydroxyl groups excluding tert-OH is 1. The molecule has 3 heterocycles. The van der Waals surface area contributed by atoms with Gasteiger partial charge in [-0.3, -0.25) is 11.2 Å². The number of aliphatic carboxylic acids is 4. The van der Waals surface area contributed by atoms with Crippen LogP contribution in [-0.4, -0.2) is 86.3 Å². The molecule has 3 aliphatic rings. The molecular weight excluding hydrogens is 674 g/mol. The number of carbonyl (C=O) groups excluding carboxylic acids is 2. The monoisotopic (exact) mass is 711 g/mol. The quantitative estimate of drug-likeness (QED) is 0.0899. The molecule has 254 valence electrons. The van der Waals surface area contributed by atoms with Crippen molar-refractivity contribution in [1.82, 2.24) is 0 Å². The number of benzene rings is 1. The van der Waals surface area contributed by atoms with Crippen molar-refractivity contribution >= 4 is 35.8 Å². The van der Waals surface area contributed by atoms with Gasteiger partial charge in [0.1, 0.15) is 5.75 Å². The minimum Gasteiger partial charge on any atom is -0.492 e. The van der Waals surface area contributed by atoms with E-state index in [9.17, 15) is 28.8 Å². The van der Waals surface area contributed by atoms with E-state index in [0.717, 1.165) is 12.5 Å². The second-order valence-electron chi connectivity index (χ2n) is 9.34. The van der Waals surface area contributed by atoms with Gasteiger partial charge >= 0.3 is 35.8 Å². The van der Waals surface area contributed by atoms with Crippen LogP contribution in [0.15, 0.2) is 91.6 Å². The molecule has 0 amide bonds. The zero-order chi connectivity index (χ0) is 36.1. The zero-order valence-electron chi connectivity index (χ0n) is 26.4. The van der Waals surface area contributed by atoms with Crippen LogP contribution in [0.25, 0.3) is 0 Å². The molecule has 1 aromatic rings. The summed E-state index contributed by atoms with van der Waals surface area (Å²) in [5.41, 5.74) is 0.573. The number of carboxylic acids is 4. The number of aliphatic hydroxyl groups is 1. The molecule has 0 radical (unpaired) electrons. The second kappa shape index (κ2) is 24.5. The zero-order valence-corrected chi connectivity index (χ0v) is 29.4. The first-order chi connectivity index (χ1) is 21.3. The van der Waals surface area contributed by atoms with Gasteiger partial charge in [0.25, 0.3) is 0 Å². The number of hydrogen-bond acceptors (Lipinski definition) is 10. The van der Waals surface area contributed by atoms with E-state index in [1.807, 2.05) is 12.5 Å².